The first-order valence-corrected chi connectivity index (χ1v) is 11.4. The Morgan fingerprint density at radius 3 is 1.12 bits per heavy atom. The normalized spacial score (nSPS) is 12.4. The number of hydrogen-bond acceptors (Lipinski definition) is 1. The fourth-order valence-corrected chi connectivity index (χ4v) is 3.76. The molecular weight excluding hydrogens is 370 g/mol. The minimum Gasteiger partial charge on any atom is -0.306 e. The van der Waals surface area contributed by atoms with Gasteiger partial charge >= 0.3 is 0 Å². The fourth-order valence-electron chi connectivity index (χ4n) is 3.76. The van der Waals surface area contributed by atoms with Crippen LogP contribution >= 0.6 is 17.0 Å². The van der Waals surface area contributed by atoms with Crippen molar-refractivity contribution in [2.45, 2.75) is 135 Å². The van der Waals surface area contributed by atoms with Gasteiger partial charge in [-0.25, -0.2) is 0 Å². The highest BCUT2D eigenvalue weighted by Crippen LogP contribution is 2.15. The molecule has 0 rings (SSSR count). The predicted octanol–water partition coefficient (Wildman–Crippen LogP) is 8.56. The molecule has 0 aromatic heterocycles. The lowest BCUT2D eigenvalue weighted by Crippen LogP contribution is -2.26. The van der Waals surface area contributed by atoms with E-state index >= 15 is 0 Å². The summed E-state index contributed by atoms with van der Waals surface area (Å²) in [6.45, 7) is 4.62. The standard InChI is InChI=1S/C23H49N.BrH/c1-5-7-8-9-10-11-12-13-14-15-16-17-18-19-20-21-22-23(6-2)24(3)4;/h23H,5-22H2,1-4H3;1H. The van der Waals surface area contributed by atoms with Gasteiger partial charge in [-0.15, -0.1) is 17.0 Å². The van der Waals surface area contributed by atoms with Gasteiger partial charge in [0.15, 0.2) is 0 Å². The molecule has 0 aliphatic rings. The first kappa shape index (κ1) is 27.7. The van der Waals surface area contributed by atoms with Crippen molar-refractivity contribution < 1.29 is 0 Å². The molecule has 0 spiro atoms. The predicted molar refractivity (Wildman–Crippen MR) is 122 cm³/mol. The number of nitrogens with zero attached hydrogens (tertiary/aromatic N) is 1. The summed E-state index contributed by atoms with van der Waals surface area (Å²) in [7, 11) is 4.45. The fraction of sp³-hybridized carbons (Fsp3) is 1.00. The van der Waals surface area contributed by atoms with Gasteiger partial charge in [-0.3, -0.25) is 0 Å². The van der Waals surface area contributed by atoms with Crippen molar-refractivity contribution >= 4 is 17.0 Å². The van der Waals surface area contributed by atoms with Gasteiger partial charge < -0.3 is 4.90 Å². The van der Waals surface area contributed by atoms with E-state index in [-0.39, 0.29) is 17.0 Å². The Balaban J connectivity index is 0. The summed E-state index contributed by atoms with van der Waals surface area (Å²) < 4.78 is 0. The van der Waals surface area contributed by atoms with Crippen LogP contribution in [-0.4, -0.2) is 25.0 Å². The molecule has 0 amide bonds. The van der Waals surface area contributed by atoms with Crippen molar-refractivity contribution in [1.82, 2.24) is 4.90 Å². The molecule has 25 heavy (non-hydrogen) atoms. The largest absolute Gasteiger partial charge is 0.306 e. The third-order valence-electron chi connectivity index (χ3n) is 5.59. The van der Waals surface area contributed by atoms with Crippen LogP contribution in [0.5, 0.6) is 0 Å². The number of halogens is 1. The third kappa shape index (κ3) is 20.6. The Labute approximate surface area is 171 Å². The van der Waals surface area contributed by atoms with Crippen molar-refractivity contribution in [3.05, 3.63) is 0 Å². The van der Waals surface area contributed by atoms with Crippen LogP contribution in [0.15, 0.2) is 0 Å². The average Bonchev–Trinajstić information content (AvgIpc) is 2.57. The van der Waals surface area contributed by atoms with Crippen LogP contribution in [-0.2, 0) is 0 Å². The molecule has 0 aliphatic heterocycles. The van der Waals surface area contributed by atoms with Gasteiger partial charge in [0.25, 0.3) is 0 Å². The van der Waals surface area contributed by atoms with Crippen molar-refractivity contribution in [2.75, 3.05) is 14.1 Å². The Hall–Kier alpha value is 0.440. The highest BCUT2D eigenvalue weighted by molar-refractivity contribution is 8.93. The molecule has 0 aliphatic carbocycles. The van der Waals surface area contributed by atoms with Crippen LogP contribution in [0, 0.1) is 0 Å². The zero-order valence-corrected chi connectivity index (χ0v) is 19.9. The van der Waals surface area contributed by atoms with Gasteiger partial charge in [0.05, 0.1) is 0 Å². The Kier molecular flexibility index (Phi) is 24.9. The van der Waals surface area contributed by atoms with Gasteiger partial charge in [-0.05, 0) is 26.9 Å². The molecule has 2 heteroatoms. The molecule has 0 heterocycles. The summed E-state index contributed by atoms with van der Waals surface area (Å²) in [6, 6.07) is 0.802. The number of hydrogen-bond donors (Lipinski definition) is 0. The molecule has 0 aromatic rings. The summed E-state index contributed by atoms with van der Waals surface area (Å²) in [6.07, 6.45) is 26.1. The van der Waals surface area contributed by atoms with E-state index in [2.05, 4.69) is 32.8 Å². The molecule has 154 valence electrons. The van der Waals surface area contributed by atoms with Crippen LogP contribution < -0.4 is 0 Å². The molecule has 0 aromatic carbocycles. The molecule has 0 fully saturated rings. The van der Waals surface area contributed by atoms with Crippen LogP contribution in [0.4, 0.5) is 0 Å². The van der Waals surface area contributed by atoms with Crippen molar-refractivity contribution in [1.29, 1.82) is 0 Å². The molecule has 1 nitrogen and oxygen atoms in total. The van der Waals surface area contributed by atoms with E-state index in [9.17, 15) is 0 Å². The second-order valence-corrected chi connectivity index (χ2v) is 8.12. The highest BCUT2D eigenvalue weighted by Gasteiger charge is 2.07. The topological polar surface area (TPSA) is 3.24 Å². The van der Waals surface area contributed by atoms with Gasteiger partial charge in [0.1, 0.15) is 0 Å². The summed E-state index contributed by atoms with van der Waals surface area (Å²) in [5.41, 5.74) is 0. The molecule has 0 saturated carbocycles. The van der Waals surface area contributed by atoms with Crippen LogP contribution in [0.2, 0.25) is 0 Å². The molecule has 1 unspecified atom stereocenters. The van der Waals surface area contributed by atoms with E-state index in [1.54, 1.807) is 0 Å². The lowest BCUT2D eigenvalue weighted by Gasteiger charge is -2.22. The van der Waals surface area contributed by atoms with E-state index in [1.807, 2.05) is 0 Å². The summed E-state index contributed by atoms with van der Waals surface area (Å²) in [4.78, 5) is 2.39. The second kappa shape index (κ2) is 22.5. The van der Waals surface area contributed by atoms with Gasteiger partial charge in [-0.1, -0.05) is 117 Å². The van der Waals surface area contributed by atoms with E-state index in [4.69, 9.17) is 0 Å². The molecular formula is C23H50BrN. The maximum absolute atomic E-state index is 2.39. The summed E-state index contributed by atoms with van der Waals surface area (Å²) >= 11 is 0. The summed E-state index contributed by atoms with van der Waals surface area (Å²) in [5, 5.41) is 0. The maximum Gasteiger partial charge on any atom is 0.00865 e. The minimum absolute atomic E-state index is 0. The lowest BCUT2D eigenvalue weighted by molar-refractivity contribution is 0.264. The molecule has 0 N–H and O–H groups in total. The SMILES string of the molecule is Br.CCCCCCCCCCCCCCCCCCC(CC)N(C)C. The Morgan fingerprint density at radius 2 is 0.840 bits per heavy atom. The van der Waals surface area contributed by atoms with E-state index in [0.717, 1.165) is 6.04 Å². The van der Waals surface area contributed by atoms with Gasteiger partial charge in [0, 0.05) is 6.04 Å². The van der Waals surface area contributed by atoms with Crippen molar-refractivity contribution in [3.63, 3.8) is 0 Å². The Morgan fingerprint density at radius 1 is 0.520 bits per heavy atom. The van der Waals surface area contributed by atoms with Crippen LogP contribution in [0.25, 0.3) is 0 Å². The summed E-state index contributed by atoms with van der Waals surface area (Å²) in [5.74, 6) is 0. The zero-order chi connectivity index (χ0) is 17.9. The second-order valence-electron chi connectivity index (χ2n) is 8.12. The highest BCUT2D eigenvalue weighted by atomic mass is 79.9. The molecule has 0 bridgehead atoms. The molecule has 0 radical (unpaired) electrons. The van der Waals surface area contributed by atoms with Crippen molar-refractivity contribution in [3.8, 4) is 0 Å². The zero-order valence-electron chi connectivity index (χ0n) is 18.2. The first-order chi connectivity index (χ1) is 11.7. The molecule has 0 saturated heterocycles. The minimum atomic E-state index is 0. The quantitative estimate of drug-likeness (QED) is 0.189. The third-order valence-corrected chi connectivity index (χ3v) is 5.59. The van der Waals surface area contributed by atoms with Gasteiger partial charge in [0.2, 0.25) is 0 Å². The average molecular weight is 421 g/mol. The number of rotatable bonds is 19. The van der Waals surface area contributed by atoms with E-state index in [0.29, 0.717) is 0 Å². The van der Waals surface area contributed by atoms with Crippen LogP contribution in [0.3, 0.4) is 0 Å². The Bertz CT molecular complexity index is 230. The maximum atomic E-state index is 2.39. The van der Waals surface area contributed by atoms with Gasteiger partial charge in [-0.2, -0.15) is 0 Å². The molecule has 1 atom stereocenters. The van der Waals surface area contributed by atoms with Crippen molar-refractivity contribution in [2.24, 2.45) is 0 Å². The smallest absolute Gasteiger partial charge is 0.00865 e. The van der Waals surface area contributed by atoms with E-state index in [1.165, 1.54) is 116 Å². The van der Waals surface area contributed by atoms with Crippen LogP contribution in [0.1, 0.15) is 129 Å². The van der Waals surface area contributed by atoms with E-state index < -0.39 is 0 Å². The lowest BCUT2D eigenvalue weighted by atomic mass is 10.0. The number of unbranched alkanes of at least 4 members (excludes halogenated alkanes) is 15. The monoisotopic (exact) mass is 419 g/mol. The first-order valence-electron chi connectivity index (χ1n) is 11.4.